The number of likely N-dealkylation sites (N-methyl/N-ethyl adjacent to an activating group) is 2. The van der Waals surface area contributed by atoms with Crippen molar-refractivity contribution in [3.8, 4) is 0 Å². The highest BCUT2D eigenvalue weighted by Crippen LogP contribution is 2.31. The lowest BCUT2D eigenvalue weighted by molar-refractivity contribution is -0.154. The molecule has 12 amide bonds. The smallest absolute Gasteiger partial charge is 0.410 e. The number of amides is 12. The average molecular weight is 1480 g/mol. The van der Waals surface area contributed by atoms with Crippen LogP contribution in [0.15, 0.2) is 92.3 Å². The molecule has 2 fully saturated rings. The molecule has 0 bridgehead atoms. The fraction of sp³-hybridized carbons (Fsp3) is 0.587. The van der Waals surface area contributed by atoms with Crippen LogP contribution in [0.1, 0.15) is 137 Å². The first-order valence-corrected chi connectivity index (χ1v) is 37.1. The lowest BCUT2D eigenvalue weighted by Gasteiger charge is -2.41. The van der Waals surface area contributed by atoms with E-state index in [4.69, 9.17) is 19.9 Å². The number of H-pyrrole nitrogens is 1. The van der Waals surface area contributed by atoms with E-state index >= 15 is 0 Å². The number of methoxy groups -OCH3 is 2. The second kappa shape index (κ2) is 42.7. The first-order chi connectivity index (χ1) is 49.9. The van der Waals surface area contributed by atoms with E-state index in [0.717, 1.165) is 29.5 Å². The normalized spacial score (nSPS) is 16.6. The van der Waals surface area contributed by atoms with Gasteiger partial charge >= 0.3 is 12.1 Å². The van der Waals surface area contributed by atoms with Gasteiger partial charge in [-0.25, -0.2) is 14.6 Å². The number of nitrogens with one attached hydrogen (secondary N) is 6. The monoisotopic (exact) mass is 1480 g/mol. The number of carbonyl (C=O) groups is 12. The van der Waals surface area contributed by atoms with Crippen LogP contribution in [0, 0.1) is 35.5 Å². The summed E-state index contributed by atoms with van der Waals surface area (Å²) in [5, 5.41) is 14.3. The van der Waals surface area contributed by atoms with Crippen molar-refractivity contribution in [3.63, 3.8) is 0 Å². The molecule has 5 rings (SSSR count). The van der Waals surface area contributed by atoms with Crippen LogP contribution in [0.4, 0.5) is 15.3 Å². The SMILES string of the molecule is C=CC(=O)N1CN(C(=O)C=C)CN(C(=O)CCSCC(=O)N[C@H](C(=O)C[C@@H](CCCNC(N)=O)C(=O)Nc2ccc(COC(=O)N(C)[C@H](C(=O)N[C@H](C(=O)N(C)[C@@H]([C@@H](C)CC)[C@@H](CC(=O)N3CCC[C@H]3[C@H](OC)[C@@H](C)C(=O)N[C@@H](Cc3ccccc3)c3ncc[nH]3)OC)C(C)C)C(C)C)cc2)C(C)C)C1. The molecule has 105 heavy (non-hydrogen) atoms. The van der Waals surface area contributed by atoms with Gasteiger partial charge in [-0.3, -0.25) is 52.8 Å². The molecule has 1 aromatic heterocycles. The van der Waals surface area contributed by atoms with Crippen LogP contribution in [-0.2, 0) is 75.2 Å². The number of imidazole rings is 1. The van der Waals surface area contributed by atoms with Gasteiger partial charge < -0.3 is 76.0 Å². The number of Topliss-reactive ketones (excluding diaryl/α,β-unsaturated/α-hetero) is 1. The Balaban J connectivity index is 1.17. The molecule has 578 valence electrons. The highest BCUT2D eigenvalue weighted by atomic mass is 32.2. The second-order valence-corrected chi connectivity index (χ2v) is 29.1. The van der Waals surface area contributed by atoms with Gasteiger partial charge in [0, 0.05) is 84.0 Å². The summed E-state index contributed by atoms with van der Waals surface area (Å²) in [4.78, 5) is 179. The van der Waals surface area contributed by atoms with Gasteiger partial charge in [0.05, 0.1) is 74.5 Å². The summed E-state index contributed by atoms with van der Waals surface area (Å²) in [5.74, 6) is -6.45. The predicted molar refractivity (Wildman–Crippen MR) is 398 cm³/mol. The van der Waals surface area contributed by atoms with Crippen LogP contribution in [0.25, 0.3) is 0 Å². The predicted octanol–water partition coefficient (Wildman–Crippen LogP) is 6.13. The molecule has 30 heteroatoms. The Kier molecular flexibility index (Phi) is 35.2. The zero-order valence-electron chi connectivity index (χ0n) is 63.3. The van der Waals surface area contributed by atoms with Crippen molar-refractivity contribution in [1.29, 1.82) is 0 Å². The second-order valence-electron chi connectivity index (χ2n) is 28.0. The number of benzene rings is 2. The van der Waals surface area contributed by atoms with E-state index in [1.54, 1.807) is 109 Å². The summed E-state index contributed by atoms with van der Waals surface area (Å²) >= 11 is 1.16. The first-order valence-electron chi connectivity index (χ1n) is 36.0. The summed E-state index contributed by atoms with van der Waals surface area (Å²) in [5.41, 5.74) is 7.18. The van der Waals surface area contributed by atoms with E-state index in [1.165, 1.54) is 33.8 Å². The maximum atomic E-state index is 14.9. The number of anilines is 1. The molecule has 0 saturated carbocycles. The summed E-state index contributed by atoms with van der Waals surface area (Å²) in [7, 11) is 6.13. The minimum absolute atomic E-state index is 0.0119. The number of hydrogen-bond donors (Lipinski definition) is 7. The summed E-state index contributed by atoms with van der Waals surface area (Å²) in [6, 6.07) is 10.8. The van der Waals surface area contributed by atoms with Crippen LogP contribution < -0.4 is 32.3 Å². The number of nitrogens with two attached hydrogens (primary N) is 1. The van der Waals surface area contributed by atoms with E-state index in [0.29, 0.717) is 49.3 Å². The van der Waals surface area contributed by atoms with Crippen molar-refractivity contribution in [1.82, 2.24) is 60.6 Å². The summed E-state index contributed by atoms with van der Waals surface area (Å²) in [6.45, 7) is 23.6. The fourth-order valence-corrected chi connectivity index (χ4v) is 14.1. The molecule has 0 radical (unpaired) electrons. The zero-order chi connectivity index (χ0) is 77.8. The standard InChI is InChI=1S/C75H112N14O15S/c1-16-49(10)67(58(102-14)40-63(95)89-36-23-27-56(89)68(103-15)50(11)70(96)81-55(69-77-34-35-78-69)38-51-24-20-19-21-25-51)84(12)73(99)65(47(6)7)83-72(98)66(48(8)9)85(13)75(101)104-41-52-28-30-54(31-29-52)80-71(97)53(26-22-33-79-74(76)100)39-57(90)64(46(4)5)82-59(91)42-105-37-32-62(94)88-44-86(60(92)17-2)43-87(45-88)61(93)18-3/h17-21,24-25,28-31,34-35,46-50,53,55-56,58,64-68H,2-3,16,22-23,26-27,32-33,36-45H2,1,4-15H3,(H,77,78)(H,80,97)(H,81,96)(H,82,91)(H,83,98)(H3,76,79,100)/t49-,50+,53+,55-,56-,58+,64-,65-,66-,67-,68+/m0/s1. The van der Waals surface area contributed by atoms with Crippen molar-refractivity contribution in [2.75, 3.05) is 78.2 Å². The topological polar surface area (TPSA) is 367 Å². The Morgan fingerprint density at radius 3 is 1.94 bits per heavy atom. The van der Waals surface area contributed by atoms with Gasteiger partial charge in [-0.05, 0) is 91.2 Å². The minimum atomic E-state index is -1.09. The van der Waals surface area contributed by atoms with Gasteiger partial charge in [-0.15, -0.1) is 0 Å². The molecule has 3 heterocycles. The van der Waals surface area contributed by atoms with Gasteiger partial charge in [0.1, 0.15) is 24.5 Å². The minimum Gasteiger partial charge on any atom is -0.445 e. The van der Waals surface area contributed by atoms with Crippen LogP contribution in [-0.4, -0.2) is 226 Å². The largest absolute Gasteiger partial charge is 0.445 e. The molecule has 0 aliphatic carbocycles. The van der Waals surface area contributed by atoms with Crippen molar-refractivity contribution < 1.29 is 71.7 Å². The van der Waals surface area contributed by atoms with Gasteiger partial charge in [0.15, 0.2) is 5.78 Å². The first kappa shape index (κ1) is 86.5. The van der Waals surface area contributed by atoms with Crippen LogP contribution >= 0.6 is 11.8 Å². The Bertz CT molecular complexity index is 3390. The Morgan fingerprint density at radius 1 is 0.743 bits per heavy atom. The Labute approximate surface area is 622 Å². The number of ether oxygens (including phenoxy) is 3. The number of rotatable bonds is 41. The third kappa shape index (κ3) is 25.6. The number of aromatic nitrogens is 2. The van der Waals surface area contributed by atoms with E-state index in [2.05, 4.69) is 49.7 Å². The number of hydrogen-bond acceptors (Lipinski definition) is 17. The molecule has 2 saturated heterocycles. The highest BCUT2D eigenvalue weighted by Gasteiger charge is 2.44. The van der Waals surface area contributed by atoms with E-state index in [-0.39, 0.29) is 106 Å². The van der Waals surface area contributed by atoms with E-state index in [9.17, 15) is 57.5 Å². The maximum Gasteiger partial charge on any atom is 0.410 e. The average Bonchev–Trinajstić information content (AvgIpc) is 1.80. The number of urea groups is 1. The molecular weight excluding hydrogens is 1370 g/mol. The van der Waals surface area contributed by atoms with Crippen LogP contribution in [0.3, 0.4) is 0 Å². The quantitative estimate of drug-likeness (QED) is 0.0248. The number of carbonyl (C=O) groups excluding carboxylic acids is 12. The number of ketones is 1. The van der Waals surface area contributed by atoms with E-state index in [1.807, 2.05) is 44.2 Å². The Hall–Kier alpha value is -9.16. The molecule has 2 aliphatic heterocycles. The molecule has 0 spiro atoms. The lowest BCUT2D eigenvalue weighted by atomic mass is 9.89. The van der Waals surface area contributed by atoms with Crippen molar-refractivity contribution in [2.45, 2.75) is 175 Å². The molecule has 8 N–H and O–H groups in total. The van der Waals surface area contributed by atoms with Crippen LogP contribution in [0.2, 0.25) is 0 Å². The molecule has 29 nitrogen and oxygen atoms in total. The summed E-state index contributed by atoms with van der Waals surface area (Å²) < 4.78 is 17.9. The summed E-state index contributed by atoms with van der Waals surface area (Å²) in [6.07, 6.45) is 5.75. The van der Waals surface area contributed by atoms with E-state index < -0.39 is 125 Å². The molecular formula is C75H112N14O15S. The van der Waals surface area contributed by atoms with Crippen LogP contribution in [0.5, 0.6) is 0 Å². The van der Waals surface area contributed by atoms with Gasteiger partial charge in [0.2, 0.25) is 53.2 Å². The van der Waals surface area contributed by atoms with Crippen molar-refractivity contribution in [2.24, 2.45) is 41.2 Å². The Morgan fingerprint density at radius 2 is 1.38 bits per heavy atom. The number of nitrogens with zero attached hydrogens (tertiary/aromatic N) is 7. The number of aromatic amines is 1. The van der Waals surface area contributed by atoms with Gasteiger partial charge in [0.25, 0.3) is 0 Å². The fourth-order valence-electron chi connectivity index (χ4n) is 13.3. The third-order valence-electron chi connectivity index (χ3n) is 19.3. The van der Waals surface area contributed by atoms with Gasteiger partial charge in [-0.2, -0.15) is 11.8 Å². The van der Waals surface area contributed by atoms with Crippen molar-refractivity contribution >= 4 is 88.5 Å². The molecule has 2 aliphatic rings. The lowest BCUT2D eigenvalue weighted by Crippen LogP contribution is -2.60. The number of thioether (sulfide) groups is 1. The van der Waals surface area contributed by atoms with Crippen molar-refractivity contribution in [3.05, 3.63) is 109 Å². The zero-order valence-corrected chi connectivity index (χ0v) is 64.1. The maximum absolute atomic E-state index is 14.9. The molecule has 3 aromatic rings. The van der Waals surface area contributed by atoms with Gasteiger partial charge in [-0.1, -0.05) is 124 Å². The number of primary amides is 1. The number of likely N-dealkylation sites (tertiary alicyclic amines) is 1. The highest BCUT2D eigenvalue weighted by molar-refractivity contribution is 7.99. The molecule has 0 unspecified atom stereocenters. The molecule has 11 atom stereocenters. The third-order valence-corrected chi connectivity index (χ3v) is 20.3. The molecule has 2 aromatic carbocycles.